The number of thiocarbonyl (C=S) groups is 1. The van der Waals surface area contributed by atoms with Gasteiger partial charge in [0.05, 0.1) is 12.6 Å². The summed E-state index contributed by atoms with van der Waals surface area (Å²) in [5.41, 5.74) is 2.50. The van der Waals surface area contributed by atoms with Gasteiger partial charge < -0.3 is 9.64 Å². The predicted octanol–water partition coefficient (Wildman–Crippen LogP) is 2.91. The fourth-order valence-electron chi connectivity index (χ4n) is 3.63. The number of rotatable bonds is 6. The van der Waals surface area contributed by atoms with Gasteiger partial charge in [-0.1, -0.05) is 60.7 Å². The molecule has 1 fully saturated rings. The standard InChI is InChI=1S/C24H27N3O3S/c1-2-30-22(29)14-13-21(28)25-24(31)27-17-15-26(16-18-27)23(19-9-5-3-6-10-19)20-11-7-4-8-12-20/h3-14,23H,2,15-18H2,1H3,(H,25,28,31)/b14-13+. The first kappa shape index (κ1) is 22.7. The van der Waals surface area contributed by atoms with Crippen LogP contribution in [-0.2, 0) is 14.3 Å². The molecule has 2 aromatic carbocycles. The van der Waals surface area contributed by atoms with Crippen molar-refractivity contribution in [3.05, 3.63) is 83.9 Å². The molecule has 1 aliphatic heterocycles. The van der Waals surface area contributed by atoms with Crippen molar-refractivity contribution in [2.45, 2.75) is 13.0 Å². The van der Waals surface area contributed by atoms with Gasteiger partial charge in [-0.15, -0.1) is 0 Å². The Labute approximate surface area is 188 Å². The SMILES string of the molecule is CCOC(=O)/C=C/C(=O)NC(=S)N1CCN(C(c2ccccc2)c2ccccc2)CC1. The first-order valence-electron chi connectivity index (χ1n) is 10.4. The maximum absolute atomic E-state index is 12.0. The second kappa shape index (κ2) is 11.4. The molecule has 1 N–H and O–H groups in total. The Balaban J connectivity index is 1.60. The number of ether oxygens (including phenoxy) is 1. The Kier molecular flexibility index (Phi) is 8.32. The molecule has 0 bridgehead atoms. The van der Waals surface area contributed by atoms with Crippen LogP contribution in [-0.4, -0.2) is 59.6 Å². The number of nitrogens with zero attached hydrogens (tertiary/aromatic N) is 2. The molecule has 6 nitrogen and oxygen atoms in total. The van der Waals surface area contributed by atoms with Crippen molar-refractivity contribution >= 4 is 29.2 Å². The fraction of sp³-hybridized carbons (Fsp3) is 0.292. The molecule has 1 amide bonds. The van der Waals surface area contributed by atoms with Gasteiger partial charge in [0.25, 0.3) is 0 Å². The monoisotopic (exact) mass is 437 g/mol. The van der Waals surface area contributed by atoms with E-state index in [9.17, 15) is 9.59 Å². The van der Waals surface area contributed by atoms with Gasteiger partial charge in [0.1, 0.15) is 0 Å². The zero-order valence-corrected chi connectivity index (χ0v) is 18.4. The first-order chi connectivity index (χ1) is 15.1. The van der Waals surface area contributed by atoms with Gasteiger partial charge in [-0.25, -0.2) is 4.79 Å². The molecule has 162 valence electrons. The van der Waals surface area contributed by atoms with Gasteiger partial charge in [0.2, 0.25) is 5.91 Å². The number of carbonyl (C=O) groups excluding carboxylic acids is 2. The lowest BCUT2D eigenvalue weighted by atomic mass is 9.96. The molecule has 2 aromatic rings. The van der Waals surface area contributed by atoms with Gasteiger partial charge in [0.15, 0.2) is 5.11 Å². The normalized spacial score (nSPS) is 14.6. The van der Waals surface area contributed by atoms with Crippen molar-refractivity contribution in [1.29, 1.82) is 0 Å². The lowest BCUT2D eigenvalue weighted by Crippen LogP contribution is -2.53. The van der Waals surface area contributed by atoms with E-state index in [0.717, 1.165) is 25.2 Å². The maximum atomic E-state index is 12.0. The summed E-state index contributed by atoms with van der Waals surface area (Å²) in [5.74, 6) is -0.989. The van der Waals surface area contributed by atoms with Gasteiger partial charge in [-0.2, -0.15) is 0 Å². The van der Waals surface area contributed by atoms with Crippen LogP contribution >= 0.6 is 12.2 Å². The van der Waals surface area contributed by atoms with Crippen molar-refractivity contribution < 1.29 is 14.3 Å². The minimum Gasteiger partial charge on any atom is -0.463 e. The molecule has 1 aliphatic rings. The minimum absolute atomic E-state index is 0.167. The van der Waals surface area contributed by atoms with Crippen molar-refractivity contribution in [3.8, 4) is 0 Å². The quantitative estimate of drug-likeness (QED) is 0.426. The minimum atomic E-state index is -0.551. The molecular formula is C24H27N3O3S. The lowest BCUT2D eigenvalue weighted by molar-refractivity contribution is -0.137. The number of amides is 1. The van der Waals surface area contributed by atoms with Crippen molar-refractivity contribution in [2.75, 3.05) is 32.8 Å². The second-order valence-electron chi connectivity index (χ2n) is 7.13. The Bertz CT molecular complexity index is 871. The molecule has 31 heavy (non-hydrogen) atoms. The third-order valence-electron chi connectivity index (χ3n) is 5.08. The summed E-state index contributed by atoms with van der Waals surface area (Å²) >= 11 is 5.40. The van der Waals surface area contributed by atoms with Gasteiger partial charge >= 0.3 is 5.97 Å². The third-order valence-corrected chi connectivity index (χ3v) is 5.45. The zero-order valence-electron chi connectivity index (χ0n) is 17.6. The molecule has 1 saturated heterocycles. The number of carbonyl (C=O) groups is 2. The Hall–Kier alpha value is -3.03. The number of hydrogen-bond donors (Lipinski definition) is 1. The Morgan fingerprint density at radius 3 is 2.03 bits per heavy atom. The molecule has 3 rings (SSSR count). The van der Waals surface area contributed by atoms with E-state index in [1.165, 1.54) is 11.1 Å². The van der Waals surface area contributed by atoms with Gasteiger partial charge in [0, 0.05) is 38.3 Å². The predicted molar refractivity (Wildman–Crippen MR) is 124 cm³/mol. The molecule has 7 heteroatoms. The molecule has 1 heterocycles. The third kappa shape index (κ3) is 6.47. The molecule has 0 unspecified atom stereocenters. The smallest absolute Gasteiger partial charge is 0.330 e. The fourth-order valence-corrected chi connectivity index (χ4v) is 3.91. The Morgan fingerprint density at radius 2 is 1.52 bits per heavy atom. The summed E-state index contributed by atoms with van der Waals surface area (Å²) in [6.45, 7) is 5.00. The van der Waals surface area contributed by atoms with E-state index in [1.54, 1.807) is 6.92 Å². The summed E-state index contributed by atoms with van der Waals surface area (Å²) in [7, 11) is 0. The van der Waals surface area contributed by atoms with E-state index < -0.39 is 11.9 Å². The van der Waals surface area contributed by atoms with Crippen LogP contribution in [0.3, 0.4) is 0 Å². The van der Waals surface area contributed by atoms with E-state index in [4.69, 9.17) is 17.0 Å². The Morgan fingerprint density at radius 1 is 0.968 bits per heavy atom. The second-order valence-corrected chi connectivity index (χ2v) is 7.51. The average molecular weight is 438 g/mol. The number of benzene rings is 2. The van der Waals surface area contributed by atoms with E-state index in [1.807, 2.05) is 17.0 Å². The molecule has 0 radical (unpaired) electrons. The zero-order chi connectivity index (χ0) is 22.1. The summed E-state index contributed by atoms with van der Waals surface area (Å²) < 4.78 is 4.77. The van der Waals surface area contributed by atoms with Crippen LogP contribution in [0.1, 0.15) is 24.1 Å². The van der Waals surface area contributed by atoms with Crippen LogP contribution in [0.4, 0.5) is 0 Å². The number of nitrogens with one attached hydrogen (secondary N) is 1. The molecule has 0 aromatic heterocycles. The number of piperazine rings is 1. The number of esters is 1. The molecule has 0 saturated carbocycles. The van der Waals surface area contributed by atoms with E-state index >= 15 is 0 Å². The van der Waals surface area contributed by atoms with E-state index in [2.05, 4.69) is 58.7 Å². The first-order valence-corrected chi connectivity index (χ1v) is 10.8. The average Bonchev–Trinajstić information content (AvgIpc) is 2.80. The van der Waals surface area contributed by atoms with Crippen LogP contribution in [0.2, 0.25) is 0 Å². The highest BCUT2D eigenvalue weighted by Crippen LogP contribution is 2.29. The highest BCUT2D eigenvalue weighted by Gasteiger charge is 2.27. The largest absolute Gasteiger partial charge is 0.463 e. The summed E-state index contributed by atoms with van der Waals surface area (Å²) in [5, 5.41) is 3.03. The van der Waals surface area contributed by atoms with Crippen LogP contribution in [0.15, 0.2) is 72.8 Å². The van der Waals surface area contributed by atoms with E-state index in [0.29, 0.717) is 18.2 Å². The number of hydrogen-bond acceptors (Lipinski definition) is 5. The van der Waals surface area contributed by atoms with Crippen LogP contribution < -0.4 is 5.32 Å². The lowest BCUT2D eigenvalue weighted by Gasteiger charge is -2.40. The van der Waals surface area contributed by atoms with Crippen LogP contribution in [0.25, 0.3) is 0 Å². The van der Waals surface area contributed by atoms with Crippen LogP contribution in [0, 0.1) is 0 Å². The highest BCUT2D eigenvalue weighted by molar-refractivity contribution is 7.80. The van der Waals surface area contributed by atoms with Gasteiger partial charge in [-0.05, 0) is 30.3 Å². The van der Waals surface area contributed by atoms with Crippen LogP contribution in [0.5, 0.6) is 0 Å². The summed E-state index contributed by atoms with van der Waals surface area (Å²) in [6, 6.07) is 21.1. The van der Waals surface area contributed by atoms with Crippen molar-refractivity contribution in [1.82, 2.24) is 15.1 Å². The molecular weight excluding hydrogens is 410 g/mol. The highest BCUT2D eigenvalue weighted by atomic mass is 32.1. The van der Waals surface area contributed by atoms with Gasteiger partial charge in [-0.3, -0.25) is 15.0 Å². The topological polar surface area (TPSA) is 61.9 Å². The molecule has 0 aliphatic carbocycles. The summed E-state index contributed by atoms with van der Waals surface area (Å²) in [6.07, 6.45) is 2.24. The molecule has 0 spiro atoms. The van der Waals surface area contributed by atoms with Crippen molar-refractivity contribution in [3.63, 3.8) is 0 Å². The summed E-state index contributed by atoms with van der Waals surface area (Å²) in [4.78, 5) is 27.8. The van der Waals surface area contributed by atoms with Crippen molar-refractivity contribution in [2.24, 2.45) is 0 Å². The molecule has 0 atom stereocenters. The van der Waals surface area contributed by atoms with E-state index in [-0.39, 0.29) is 12.6 Å². The maximum Gasteiger partial charge on any atom is 0.330 e.